The van der Waals surface area contributed by atoms with Crippen molar-refractivity contribution >= 4 is 11.6 Å². The minimum atomic E-state index is -4.48. The molecule has 1 heterocycles. The zero-order valence-corrected chi connectivity index (χ0v) is 18.1. The second-order valence-corrected chi connectivity index (χ2v) is 9.54. The number of carbonyl (C=O) groups excluding carboxylic acids is 1. The van der Waals surface area contributed by atoms with Gasteiger partial charge in [0, 0.05) is 16.7 Å². The molecule has 0 spiro atoms. The molecule has 4 nitrogen and oxygen atoms in total. The molecule has 2 aliphatic carbocycles. The first-order chi connectivity index (χ1) is 15.0. The van der Waals surface area contributed by atoms with Gasteiger partial charge >= 0.3 is 6.18 Å². The SMILES string of the molecule is CC1(C)[C@H]2CC[C@@]1(C)c1c2c(C(=O)Nc2cccc(C(F)(F)F)c2)nn1-c1ccccc1. The fraction of sp³-hybridized carbons (Fsp3) is 0.360. The smallest absolute Gasteiger partial charge is 0.321 e. The van der Waals surface area contributed by atoms with E-state index in [0.29, 0.717) is 5.69 Å². The van der Waals surface area contributed by atoms with E-state index < -0.39 is 17.6 Å². The average Bonchev–Trinajstić information content (AvgIpc) is 3.30. The number of carbonyl (C=O) groups is 1. The van der Waals surface area contributed by atoms with Crippen LogP contribution in [-0.4, -0.2) is 15.7 Å². The normalized spacial score (nSPS) is 23.2. The number of fused-ring (bicyclic) bond motifs is 5. The van der Waals surface area contributed by atoms with Crippen LogP contribution < -0.4 is 5.32 Å². The van der Waals surface area contributed by atoms with Crippen molar-refractivity contribution in [3.63, 3.8) is 0 Å². The zero-order chi connectivity index (χ0) is 22.9. The van der Waals surface area contributed by atoms with Crippen LogP contribution in [0.15, 0.2) is 54.6 Å². The Morgan fingerprint density at radius 3 is 2.50 bits per heavy atom. The van der Waals surface area contributed by atoms with Crippen molar-refractivity contribution in [2.24, 2.45) is 5.41 Å². The molecule has 1 saturated carbocycles. The van der Waals surface area contributed by atoms with Crippen molar-refractivity contribution in [2.75, 3.05) is 5.32 Å². The number of alkyl halides is 3. The van der Waals surface area contributed by atoms with E-state index in [1.807, 2.05) is 35.0 Å². The second kappa shape index (κ2) is 6.70. The summed E-state index contributed by atoms with van der Waals surface area (Å²) in [5.74, 6) is -0.315. The summed E-state index contributed by atoms with van der Waals surface area (Å²) in [5.41, 5.74) is 2.22. The van der Waals surface area contributed by atoms with Gasteiger partial charge in [0.2, 0.25) is 0 Å². The fourth-order valence-electron chi connectivity index (χ4n) is 5.61. The molecule has 3 aromatic rings. The highest BCUT2D eigenvalue weighted by Gasteiger charge is 2.63. The number of aromatic nitrogens is 2. The molecule has 2 atom stereocenters. The van der Waals surface area contributed by atoms with Crippen LogP contribution >= 0.6 is 0 Å². The third kappa shape index (κ3) is 2.83. The Labute approximate surface area is 184 Å². The Hall–Kier alpha value is -3.09. The highest BCUT2D eigenvalue weighted by Crippen LogP contribution is 2.68. The molecule has 1 fully saturated rings. The van der Waals surface area contributed by atoms with E-state index in [1.165, 1.54) is 12.1 Å². The molecule has 1 N–H and O–H groups in total. The molecule has 1 amide bonds. The summed E-state index contributed by atoms with van der Waals surface area (Å²) in [6.07, 6.45) is -2.51. The lowest BCUT2D eigenvalue weighted by Gasteiger charge is -2.35. The van der Waals surface area contributed by atoms with Crippen LogP contribution in [0.5, 0.6) is 0 Å². The van der Waals surface area contributed by atoms with E-state index in [-0.39, 0.29) is 22.4 Å². The van der Waals surface area contributed by atoms with Crippen LogP contribution in [0.25, 0.3) is 5.69 Å². The van der Waals surface area contributed by atoms with Crippen molar-refractivity contribution < 1.29 is 18.0 Å². The fourth-order valence-corrected chi connectivity index (χ4v) is 5.61. The van der Waals surface area contributed by atoms with Crippen molar-refractivity contribution in [3.8, 4) is 5.69 Å². The molecule has 0 unspecified atom stereocenters. The Morgan fingerprint density at radius 2 is 1.81 bits per heavy atom. The number of para-hydroxylation sites is 1. The molecule has 0 aliphatic heterocycles. The molecule has 2 aliphatic rings. The Kier molecular flexibility index (Phi) is 4.36. The topological polar surface area (TPSA) is 46.9 Å². The number of hydrogen-bond donors (Lipinski definition) is 1. The third-order valence-electron chi connectivity index (χ3n) is 7.68. The highest BCUT2D eigenvalue weighted by molar-refractivity contribution is 6.04. The van der Waals surface area contributed by atoms with E-state index >= 15 is 0 Å². The highest BCUT2D eigenvalue weighted by atomic mass is 19.4. The molecule has 32 heavy (non-hydrogen) atoms. The maximum absolute atomic E-state index is 13.3. The van der Waals surface area contributed by atoms with Crippen LogP contribution in [0.2, 0.25) is 0 Å². The molecular weight excluding hydrogens is 415 g/mol. The lowest BCUT2D eigenvalue weighted by atomic mass is 9.70. The van der Waals surface area contributed by atoms with Crippen LogP contribution in [-0.2, 0) is 11.6 Å². The Bertz CT molecular complexity index is 1210. The second-order valence-electron chi connectivity index (χ2n) is 9.54. The van der Waals surface area contributed by atoms with Crippen molar-refractivity contribution in [2.45, 2.75) is 51.1 Å². The Balaban J connectivity index is 1.61. The number of nitrogens with zero attached hydrogens (tertiary/aromatic N) is 2. The number of amides is 1. The van der Waals surface area contributed by atoms with Crippen LogP contribution in [0.4, 0.5) is 18.9 Å². The van der Waals surface area contributed by atoms with Gasteiger partial charge in [0.1, 0.15) is 0 Å². The predicted octanol–water partition coefficient (Wildman–Crippen LogP) is 6.32. The minimum absolute atomic E-state index is 0.0532. The molecular formula is C25H24F3N3O. The first kappa shape index (κ1) is 20.8. The number of hydrogen-bond acceptors (Lipinski definition) is 2. The molecule has 166 valence electrons. The number of nitrogens with one attached hydrogen (secondary N) is 1. The van der Waals surface area contributed by atoms with Crippen molar-refractivity contribution in [1.29, 1.82) is 0 Å². The molecule has 0 saturated heterocycles. The first-order valence-electron chi connectivity index (χ1n) is 10.7. The quantitative estimate of drug-likeness (QED) is 0.519. The van der Waals surface area contributed by atoms with Gasteiger partial charge in [0.15, 0.2) is 5.69 Å². The summed E-state index contributed by atoms with van der Waals surface area (Å²) in [7, 11) is 0. The van der Waals surface area contributed by atoms with Gasteiger partial charge in [-0.3, -0.25) is 4.79 Å². The van der Waals surface area contributed by atoms with E-state index in [9.17, 15) is 18.0 Å². The standard InChI is InChI=1S/C25H24F3N3O/c1-23(2)18-12-13-24(23,3)21-19(18)20(30-31(21)17-10-5-4-6-11-17)22(32)29-16-9-7-8-15(14-16)25(26,27)28/h4-11,14,18H,12-13H2,1-3H3,(H,29,32)/t18-,24-/m0/s1. The van der Waals surface area contributed by atoms with E-state index in [2.05, 4.69) is 26.1 Å². The monoisotopic (exact) mass is 439 g/mol. The average molecular weight is 439 g/mol. The molecule has 0 radical (unpaired) electrons. The van der Waals surface area contributed by atoms with Gasteiger partial charge in [-0.05, 0) is 54.5 Å². The summed E-state index contributed by atoms with van der Waals surface area (Å²) >= 11 is 0. The number of halogens is 3. The lowest BCUT2D eigenvalue weighted by Crippen LogP contribution is -2.33. The maximum Gasteiger partial charge on any atom is 0.416 e. The third-order valence-corrected chi connectivity index (χ3v) is 7.68. The molecule has 5 rings (SSSR count). The predicted molar refractivity (Wildman–Crippen MR) is 116 cm³/mol. The van der Waals surface area contributed by atoms with Crippen LogP contribution in [0.1, 0.15) is 66.8 Å². The maximum atomic E-state index is 13.3. The first-order valence-corrected chi connectivity index (χ1v) is 10.7. The summed E-state index contributed by atoms with van der Waals surface area (Å²) in [6, 6.07) is 14.3. The lowest BCUT2D eigenvalue weighted by molar-refractivity contribution is -0.137. The van der Waals surface area contributed by atoms with E-state index in [4.69, 9.17) is 5.10 Å². The molecule has 2 aromatic carbocycles. The summed E-state index contributed by atoms with van der Waals surface area (Å²) in [4.78, 5) is 13.3. The van der Waals surface area contributed by atoms with E-state index in [1.54, 1.807) is 0 Å². The van der Waals surface area contributed by atoms with Gasteiger partial charge < -0.3 is 5.32 Å². The largest absolute Gasteiger partial charge is 0.416 e. The van der Waals surface area contributed by atoms with Gasteiger partial charge in [-0.1, -0.05) is 45.0 Å². The van der Waals surface area contributed by atoms with Gasteiger partial charge in [-0.2, -0.15) is 18.3 Å². The minimum Gasteiger partial charge on any atom is -0.321 e. The molecule has 7 heteroatoms. The van der Waals surface area contributed by atoms with E-state index in [0.717, 1.165) is 41.9 Å². The van der Waals surface area contributed by atoms with Gasteiger partial charge in [-0.25, -0.2) is 4.68 Å². The van der Waals surface area contributed by atoms with Crippen LogP contribution in [0, 0.1) is 5.41 Å². The summed E-state index contributed by atoms with van der Waals surface area (Å²) < 4.78 is 41.2. The van der Waals surface area contributed by atoms with Crippen molar-refractivity contribution in [3.05, 3.63) is 77.1 Å². The number of anilines is 1. The van der Waals surface area contributed by atoms with Gasteiger partial charge in [0.05, 0.1) is 16.9 Å². The summed E-state index contributed by atoms with van der Waals surface area (Å²) in [5, 5.41) is 7.35. The zero-order valence-electron chi connectivity index (χ0n) is 18.1. The molecule has 2 bridgehead atoms. The summed E-state index contributed by atoms with van der Waals surface area (Å²) in [6.45, 7) is 6.69. The Morgan fingerprint density at radius 1 is 1.09 bits per heavy atom. The van der Waals surface area contributed by atoms with Crippen LogP contribution in [0.3, 0.4) is 0 Å². The van der Waals surface area contributed by atoms with Crippen molar-refractivity contribution in [1.82, 2.24) is 9.78 Å². The van der Waals surface area contributed by atoms with Gasteiger partial charge in [-0.15, -0.1) is 0 Å². The molecule has 1 aromatic heterocycles. The number of rotatable bonds is 3. The van der Waals surface area contributed by atoms with Gasteiger partial charge in [0.25, 0.3) is 5.91 Å². The number of benzene rings is 2.